The number of alkyl halides is 3. The minimum absolute atomic E-state index is 0.0476. The highest BCUT2D eigenvalue weighted by molar-refractivity contribution is 8.00. The van der Waals surface area contributed by atoms with E-state index in [1.807, 2.05) is 0 Å². The van der Waals surface area contributed by atoms with Gasteiger partial charge in [0.1, 0.15) is 5.75 Å². The summed E-state index contributed by atoms with van der Waals surface area (Å²) < 4.78 is 42.0. The van der Waals surface area contributed by atoms with Crippen molar-refractivity contribution in [2.45, 2.75) is 16.8 Å². The molecule has 0 saturated carbocycles. The number of rotatable bonds is 2. The summed E-state index contributed by atoms with van der Waals surface area (Å²) in [6.07, 6.45) is 0.0515. The molecule has 0 spiro atoms. The maximum atomic E-state index is 12.3. The number of nitrogens with zero attached hydrogens (tertiary/aromatic N) is 1. The van der Waals surface area contributed by atoms with Crippen molar-refractivity contribution in [1.29, 1.82) is 0 Å². The Labute approximate surface area is 108 Å². The van der Waals surface area contributed by atoms with Crippen LogP contribution in [0.4, 0.5) is 18.9 Å². The second-order valence-electron chi connectivity index (χ2n) is 3.64. The molecule has 0 aliphatic carbocycles. The molecule has 9 heteroatoms. The van der Waals surface area contributed by atoms with Gasteiger partial charge in [0, 0.05) is 18.6 Å². The molecule has 1 heterocycles. The second-order valence-corrected chi connectivity index (χ2v) is 4.75. The van der Waals surface area contributed by atoms with Crippen molar-refractivity contribution in [3.8, 4) is 5.75 Å². The highest BCUT2D eigenvalue weighted by atomic mass is 32.2. The van der Waals surface area contributed by atoms with Crippen LogP contribution in [0.2, 0.25) is 0 Å². The highest BCUT2D eigenvalue weighted by Crippen LogP contribution is 2.44. The Morgan fingerprint density at radius 1 is 1.37 bits per heavy atom. The van der Waals surface area contributed by atoms with E-state index >= 15 is 0 Å². The highest BCUT2D eigenvalue weighted by Gasteiger charge is 2.35. The van der Waals surface area contributed by atoms with E-state index in [-0.39, 0.29) is 30.1 Å². The van der Waals surface area contributed by atoms with E-state index in [0.29, 0.717) is 0 Å². The fourth-order valence-corrected chi connectivity index (χ4v) is 2.28. The average Bonchev–Trinajstić information content (AvgIpc) is 2.26. The predicted molar refractivity (Wildman–Crippen MR) is 59.5 cm³/mol. The lowest BCUT2D eigenvalue weighted by molar-refractivity contribution is -0.387. The Balaban J connectivity index is 2.53. The van der Waals surface area contributed by atoms with Gasteiger partial charge in [0.25, 0.3) is 5.69 Å². The van der Waals surface area contributed by atoms with Gasteiger partial charge in [-0.1, -0.05) is 0 Å². The van der Waals surface area contributed by atoms with Crippen LogP contribution in [0.25, 0.3) is 0 Å². The van der Waals surface area contributed by atoms with Crippen molar-refractivity contribution < 1.29 is 27.6 Å². The third kappa shape index (κ3) is 2.98. The molecule has 0 aromatic heterocycles. The molecular formula is C10H6F3NO4S. The molecule has 0 amide bonds. The van der Waals surface area contributed by atoms with Crippen LogP contribution in [-0.2, 0) is 0 Å². The van der Waals surface area contributed by atoms with Crippen LogP contribution in [0, 0.1) is 10.1 Å². The number of thioether (sulfide) groups is 1. The first-order chi connectivity index (χ1) is 8.78. The normalized spacial score (nSPS) is 14.8. The Bertz CT molecular complexity index is 558. The topological polar surface area (TPSA) is 69.4 Å². The number of carbonyl (C=O) groups is 1. The third-order valence-electron chi connectivity index (χ3n) is 2.37. The largest absolute Gasteiger partial charge is 0.492 e. The van der Waals surface area contributed by atoms with Crippen LogP contribution < -0.4 is 4.74 Å². The summed E-state index contributed by atoms with van der Waals surface area (Å²) >= 11 is -0.603. The molecule has 0 N–H and O–H groups in total. The second kappa shape index (κ2) is 4.72. The number of hydrogen-bond acceptors (Lipinski definition) is 5. The number of fused-ring (bicyclic) bond motifs is 1. The summed E-state index contributed by atoms with van der Waals surface area (Å²) in [5.41, 5.74) is -5.46. The van der Waals surface area contributed by atoms with Crippen molar-refractivity contribution in [3.63, 3.8) is 0 Å². The van der Waals surface area contributed by atoms with Crippen molar-refractivity contribution in [3.05, 3.63) is 27.8 Å². The van der Waals surface area contributed by atoms with Crippen LogP contribution in [0.15, 0.2) is 17.0 Å². The van der Waals surface area contributed by atoms with Gasteiger partial charge in [-0.15, -0.1) is 0 Å². The van der Waals surface area contributed by atoms with Crippen molar-refractivity contribution in [2.75, 3.05) is 6.61 Å². The summed E-state index contributed by atoms with van der Waals surface area (Å²) in [6.45, 7) is 0.0553. The first-order valence-corrected chi connectivity index (χ1v) is 5.84. The molecule has 1 aliphatic heterocycles. The van der Waals surface area contributed by atoms with Crippen molar-refractivity contribution in [2.24, 2.45) is 0 Å². The minimum Gasteiger partial charge on any atom is -0.492 e. The molecule has 0 radical (unpaired) electrons. The zero-order valence-corrected chi connectivity index (χ0v) is 10.0. The predicted octanol–water partition coefficient (Wildman–Crippen LogP) is 3.17. The van der Waals surface area contributed by atoms with Gasteiger partial charge in [-0.3, -0.25) is 14.9 Å². The fourth-order valence-electron chi connectivity index (χ4n) is 1.62. The van der Waals surface area contributed by atoms with Gasteiger partial charge in [0.15, 0.2) is 5.78 Å². The molecule has 2 rings (SSSR count). The Hall–Kier alpha value is -1.77. The molecule has 0 saturated heterocycles. The van der Waals surface area contributed by atoms with E-state index in [0.717, 1.165) is 12.1 Å². The standard InChI is InChI=1S/C10H6F3NO4S/c11-10(12,13)19-9-4-8-5(3-6(9)14(16)17)7(15)1-2-18-8/h3-4H,1-2H2. The molecule has 0 unspecified atom stereocenters. The maximum absolute atomic E-state index is 12.3. The number of carbonyl (C=O) groups excluding carboxylic acids is 1. The fraction of sp³-hybridized carbons (Fsp3) is 0.300. The van der Waals surface area contributed by atoms with E-state index in [9.17, 15) is 28.1 Å². The van der Waals surface area contributed by atoms with Crippen LogP contribution in [0.1, 0.15) is 16.8 Å². The number of nitro groups is 1. The maximum Gasteiger partial charge on any atom is 0.446 e. The number of halogens is 3. The SMILES string of the molecule is O=C1CCOc2cc(SC(F)(F)F)c([N+](=O)[O-])cc21. The lowest BCUT2D eigenvalue weighted by Gasteiger charge is -2.17. The lowest BCUT2D eigenvalue weighted by Crippen LogP contribution is -2.16. The van der Waals surface area contributed by atoms with E-state index in [1.165, 1.54) is 0 Å². The molecule has 5 nitrogen and oxygen atoms in total. The van der Waals surface area contributed by atoms with Gasteiger partial charge in [-0.2, -0.15) is 13.2 Å². The summed E-state index contributed by atoms with van der Waals surface area (Å²) in [4.78, 5) is 20.8. The number of ketones is 1. The van der Waals surface area contributed by atoms with Crippen molar-refractivity contribution in [1.82, 2.24) is 0 Å². The van der Waals surface area contributed by atoms with Crippen LogP contribution in [0.5, 0.6) is 5.75 Å². The summed E-state index contributed by atoms with van der Waals surface area (Å²) in [5, 5.41) is 10.8. The van der Waals surface area contributed by atoms with Crippen molar-refractivity contribution >= 4 is 23.2 Å². The number of benzene rings is 1. The quantitative estimate of drug-likeness (QED) is 0.476. The van der Waals surface area contributed by atoms with Gasteiger partial charge in [-0.05, 0) is 11.8 Å². The minimum atomic E-state index is -4.66. The summed E-state index contributed by atoms with van der Waals surface area (Å²) in [5.74, 6) is -0.429. The van der Waals surface area contributed by atoms with Crippen LogP contribution in [0.3, 0.4) is 0 Å². The molecule has 0 fully saturated rings. The zero-order valence-electron chi connectivity index (χ0n) is 9.19. The smallest absolute Gasteiger partial charge is 0.446 e. The molecule has 19 heavy (non-hydrogen) atoms. The monoisotopic (exact) mass is 293 g/mol. The number of hydrogen-bond donors (Lipinski definition) is 0. The van der Waals surface area contributed by atoms with Gasteiger partial charge in [0.2, 0.25) is 0 Å². The third-order valence-corrected chi connectivity index (χ3v) is 3.15. The van der Waals surface area contributed by atoms with Gasteiger partial charge < -0.3 is 4.74 Å². The summed E-state index contributed by atoms with van der Waals surface area (Å²) in [6, 6.07) is 1.73. The molecule has 1 aromatic carbocycles. The van der Waals surface area contributed by atoms with E-state index < -0.39 is 32.8 Å². The molecule has 102 valence electrons. The van der Waals surface area contributed by atoms with Crippen LogP contribution in [-0.4, -0.2) is 22.8 Å². The average molecular weight is 293 g/mol. The van der Waals surface area contributed by atoms with Gasteiger partial charge in [0.05, 0.1) is 22.0 Å². The van der Waals surface area contributed by atoms with E-state index in [4.69, 9.17) is 4.74 Å². The first-order valence-electron chi connectivity index (χ1n) is 5.02. The van der Waals surface area contributed by atoms with E-state index in [1.54, 1.807) is 0 Å². The Kier molecular flexibility index (Phi) is 3.40. The zero-order chi connectivity index (χ0) is 14.2. The first kappa shape index (κ1) is 13.7. The van der Waals surface area contributed by atoms with E-state index in [2.05, 4.69) is 0 Å². The van der Waals surface area contributed by atoms with Crippen LogP contribution >= 0.6 is 11.8 Å². The van der Waals surface area contributed by atoms with Gasteiger partial charge >= 0.3 is 5.51 Å². The molecule has 1 aliphatic rings. The number of Topliss-reactive ketones (excluding diaryl/α,β-unsaturated/α-hetero) is 1. The Morgan fingerprint density at radius 2 is 2.05 bits per heavy atom. The lowest BCUT2D eigenvalue weighted by atomic mass is 10.0. The summed E-state index contributed by atoms with van der Waals surface area (Å²) in [7, 11) is 0. The number of nitro benzene ring substituents is 1. The molecule has 1 aromatic rings. The molecule has 0 bridgehead atoms. The molecular weight excluding hydrogens is 287 g/mol. The molecule has 0 atom stereocenters. The Morgan fingerprint density at radius 3 is 2.63 bits per heavy atom. The number of ether oxygens (including phenoxy) is 1. The van der Waals surface area contributed by atoms with Gasteiger partial charge in [-0.25, -0.2) is 0 Å².